The number of hydrogen-bond acceptors (Lipinski definition) is 5. The average Bonchev–Trinajstić information content (AvgIpc) is 2.59. The number of fused-ring (bicyclic) bond motifs is 1. The second kappa shape index (κ2) is 3.80. The van der Waals surface area contributed by atoms with E-state index in [9.17, 15) is 4.79 Å². The Labute approximate surface area is 91.5 Å². The van der Waals surface area contributed by atoms with Crippen LogP contribution in [-0.2, 0) is 4.79 Å². The summed E-state index contributed by atoms with van der Waals surface area (Å²) in [6.45, 7) is 1.72. The monoisotopic (exact) mass is 221 g/mol. The molecule has 84 valence electrons. The summed E-state index contributed by atoms with van der Waals surface area (Å²) in [7, 11) is 1.66. The third-order valence-corrected chi connectivity index (χ3v) is 2.29. The van der Waals surface area contributed by atoms with Crippen molar-refractivity contribution in [2.24, 2.45) is 0 Å². The van der Waals surface area contributed by atoms with E-state index in [0.29, 0.717) is 11.4 Å². The van der Waals surface area contributed by atoms with E-state index in [0.717, 1.165) is 11.1 Å². The maximum atomic E-state index is 10.5. The van der Waals surface area contributed by atoms with Gasteiger partial charge in [0.15, 0.2) is 5.58 Å². The third kappa shape index (κ3) is 1.81. The summed E-state index contributed by atoms with van der Waals surface area (Å²) < 4.78 is 5.08. The summed E-state index contributed by atoms with van der Waals surface area (Å²) in [6, 6.07) is 1.68. The van der Waals surface area contributed by atoms with E-state index in [4.69, 9.17) is 9.63 Å². The molecule has 16 heavy (non-hydrogen) atoms. The van der Waals surface area contributed by atoms with E-state index in [-0.39, 0.29) is 6.54 Å². The Morgan fingerprint density at radius 1 is 1.62 bits per heavy atom. The van der Waals surface area contributed by atoms with Gasteiger partial charge in [0.1, 0.15) is 12.4 Å². The van der Waals surface area contributed by atoms with E-state index in [1.165, 1.54) is 4.90 Å². The molecule has 2 aromatic heterocycles. The molecule has 2 aromatic rings. The lowest BCUT2D eigenvalue weighted by atomic mass is 10.3. The van der Waals surface area contributed by atoms with Gasteiger partial charge in [0.25, 0.3) is 0 Å². The fourth-order valence-electron chi connectivity index (χ4n) is 1.43. The minimum atomic E-state index is -0.904. The molecule has 0 saturated carbocycles. The van der Waals surface area contributed by atoms with Crippen LogP contribution in [0.4, 0.5) is 5.82 Å². The lowest BCUT2D eigenvalue weighted by Crippen LogP contribution is -2.25. The molecule has 2 rings (SSSR count). The normalized spacial score (nSPS) is 10.6. The van der Waals surface area contributed by atoms with Crippen molar-refractivity contribution < 1.29 is 14.4 Å². The molecule has 0 fully saturated rings. The van der Waals surface area contributed by atoms with Crippen LogP contribution >= 0.6 is 0 Å². The molecule has 0 aromatic carbocycles. The number of anilines is 1. The lowest BCUT2D eigenvalue weighted by Gasteiger charge is -2.14. The molecule has 0 spiro atoms. The van der Waals surface area contributed by atoms with Crippen molar-refractivity contribution in [1.82, 2.24) is 10.1 Å². The standard InChI is InChI=1S/C10H11N3O3/c1-6-7-4-11-9(3-8(7)16-12-6)13(2)5-10(14)15/h3-4H,5H2,1-2H3,(H,14,15). The van der Waals surface area contributed by atoms with Crippen LogP contribution in [0.3, 0.4) is 0 Å². The van der Waals surface area contributed by atoms with Crippen LogP contribution in [0, 0.1) is 6.92 Å². The minimum absolute atomic E-state index is 0.106. The van der Waals surface area contributed by atoms with Crippen LogP contribution < -0.4 is 4.90 Å². The highest BCUT2D eigenvalue weighted by Gasteiger charge is 2.10. The van der Waals surface area contributed by atoms with E-state index in [1.807, 2.05) is 6.92 Å². The van der Waals surface area contributed by atoms with Crippen molar-refractivity contribution in [2.75, 3.05) is 18.5 Å². The Morgan fingerprint density at radius 2 is 2.38 bits per heavy atom. The van der Waals surface area contributed by atoms with Gasteiger partial charge in [-0.15, -0.1) is 0 Å². The molecule has 0 saturated heterocycles. The summed E-state index contributed by atoms with van der Waals surface area (Å²) in [5.74, 6) is -0.357. The SMILES string of the molecule is Cc1noc2cc(N(C)CC(=O)O)ncc12. The first-order valence-corrected chi connectivity index (χ1v) is 4.73. The Bertz CT molecular complexity index is 535. The molecule has 0 atom stereocenters. The lowest BCUT2D eigenvalue weighted by molar-refractivity contribution is -0.135. The summed E-state index contributed by atoms with van der Waals surface area (Å²) in [4.78, 5) is 16.2. The predicted molar refractivity (Wildman–Crippen MR) is 57.4 cm³/mol. The third-order valence-electron chi connectivity index (χ3n) is 2.29. The predicted octanol–water partition coefficient (Wildman–Crippen LogP) is 1.05. The number of carbonyl (C=O) groups is 1. The Balaban J connectivity index is 2.35. The van der Waals surface area contributed by atoms with Crippen molar-refractivity contribution in [1.29, 1.82) is 0 Å². The zero-order chi connectivity index (χ0) is 11.7. The van der Waals surface area contributed by atoms with Gasteiger partial charge in [-0.2, -0.15) is 0 Å². The van der Waals surface area contributed by atoms with E-state index < -0.39 is 5.97 Å². The van der Waals surface area contributed by atoms with E-state index >= 15 is 0 Å². The van der Waals surface area contributed by atoms with Crippen molar-refractivity contribution in [3.63, 3.8) is 0 Å². The zero-order valence-electron chi connectivity index (χ0n) is 8.97. The number of pyridine rings is 1. The molecule has 0 aliphatic carbocycles. The van der Waals surface area contributed by atoms with E-state index in [1.54, 1.807) is 19.3 Å². The van der Waals surface area contributed by atoms with Gasteiger partial charge in [-0.1, -0.05) is 5.16 Å². The van der Waals surface area contributed by atoms with Gasteiger partial charge in [0.2, 0.25) is 0 Å². The van der Waals surface area contributed by atoms with Crippen LogP contribution in [0.1, 0.15) is 5.69 Å². The average molecular weight is 221 g/mol. The maximum Gasteiger partial charge on any atom is 0.323 e. The van der Waals surface area contributed by atoms with Crippen LogP contribution in [0.5, 0.6) is 0 Å². The largest absolute Gasteiger partial charge is 0.480 e. The minimum Gasteiger partial charge on any atom is -0.480 e. The Morgan fingerprint density at radius 3 is 3.06 bits per heavy atom. The molecule has 0 amide bonds. The number of carboxylic acid groups (broad SMARTS) is 1. The van der Waals surface area contributed by atoms with Crippen LogP contribution in [0.25, 0.3) is 11.0 Å². The van der Waals surface area contributed by atoms with Gasteiger partial charge in [-0.05, 0) is 6.92 Å². The molecule has 6 nitrogen and oxygen atoms in total. The number of likely N-dealkylation sites (N-methyl/N-ethyl adjacent to an activating group) is 1. The van der Waals surface area contributed by atoms with Crippen LogP contribution in [0.15, 0.2) is 16.8 Å². The van der Waals surface area contributed by atoms with Gasteiger partial charge in [0, 0.05) is 19.3 Å². The molecule has 0 aliphatic rings. The topological polar surface area (TPSA) is 79.5 Å². The van der Waals surface area contributed by atoms with Crippen molar-refractivity contribution >= 4 is 22.8 Å². The smallest absolute Gasteiger partial charge is 0.323 e. The van der Waals surface area contributed by atoms with Crippen LogP contribution in [-0.4, -0.2) is 34.8 Å². The highest BCUT2D eigenvalue weighted by Crippen LogP contribution is 2.20. The number of aliphatic carboxylic acids is 1. The summed E-state index contributed by atoms with van der Waals surface area (Å²) in [5, 5.41) is 13.3. The van der Waals surface area contributed by atoms with Crippen molar-refractivity contribution in [2.45, 2.75) is 6.92 Å². The molecule has 2 heterocycles. The molecular formula is C10H11N3O3. The molecule has 6 heteroatoms. The van der Waals surface area contributed by atoms with Gasteiger partial charge in [-0.25, -0.2) is 4.98 Å². The summed E-state index contributed by atoms with van der Waals surface area (Å²) in [5.41, 5.74) is 1.38. The first kappa shape index (κ1) is 10.4. The van der Waals surface area contributed by atoms with Gasteiger partial charge in [0.05, 0.1) is 11.1 Å². The van der Waals surface area contributed by atoms with Gasteiger partial charge < -0.3 is 14.5 Å². The molecule has 1 N–H and O–H groups in total. The van der Waals surface area contributed by atoms with Crippen molar-refractivity contribution in [3.8, 4) is 0 Å². The number of nitrogens with zero attached hydrogens (tertiary/aromatic N) is 3. The summed E-state index contributed by atoms with van der Waals surface area (Å²) >= 11 is 0. The number of rotatable bonds is 3. The molecular weight excluding hydrogens is 210 g/mol. The summed E-state index contributed by atoms with van der Waals surface area (Å²) in [6.07, 6.45) is 1.63. The molecule has 0 unspecified atom stereocenters. The quantitative estimate of drug-likeness (QED) is 0.834. The zero-order valence-corrected chi connectivity index (χ0v) is 8.97. The van der Waals surface area contributed by atoms with Crippen LogP contribution in [0.2, 0.25) is 0 Å². The molecule has 0 bridgehead atoms. The molecule has 0 radical (unpaired) electrons. The Hall–Kier alpha value is -2.11. The Kier molecular flexibility index (Phi) is 2.47. The van der Waals surface area contributed by atoms with Crippen molar-refractivity contribution in [3.05, 3.63) is 18.0 Å². The number of hydrogen-bond donors (Lipinski definition) is 1. The fourth-order valence-corrected chi connectivity index (χ4v) is 1.43. The first-order chi connectivity index (χ1) is 7.58. The number of carboxylic acids is 1. The van der Waals surface area contributed by atoms with Gasteiger partial charge >= 0.3 is 5.97 Å². The highest BCUT2D eigenvalue weighted by atomic mass is 16.5. The highest BCUT2D eigenvalue weighted by molar-refractivity contribution is 5.81. The molecule has 0 aliphatic heterocycles. The first-order valence-electron chi connectivity index (χ1n) is 4.73. The van der Waals surface area contributed by atoms with E-state index in [2.05, 4.69) is 10.1 Å². The number of aromatic nitrogens is 2. The second-order valence-electron chi connectivity index (χ2n) is 3.56. The fraction of sp³-hybridized carbons (Fsp3) is 0.300. The number of aryl methyl sites for hydroxylation is 1. The van der Waals surface area contributed by atoms with Gasteiger partial charge in [-0.3, -0.25) is 4.79 Å². The second-order valence-corrected chi connectivity index (χ2v) is 3.56. The maximum absolute atomic E-state index is 10.5.